The second-order valence-corrected chi connectivity index (χ2v) is 3.30. The number of alkyl halides is 3. The summed E-state index contributed by atoms with van der Waals surface area (Å²) in [7, 11) is 0. The van der Waals surface area contributed by atoms with Gasteiger partial charge in [0.05, 0.1) is 11.1 Å². The van der Waals surface area contributed by atoms with Crippen LogP contribution in [0.1, 0.15) is 29.3 Å². The summed E-state index contributed by atoms with van der Waals surface area (Å²) in [4.78, 5) is 11.5. The summed E-state index contributed by atoms with van der Waals surface area (Å²) in [6.45, 7) is 2.20. The van der Waals surface area contributed by atoms with E-state index < -0.39 is 17.6 Å². The summed E-state index contributed by atoms with van der Waals surface area (Å²) in [6.07, 6.45) is -3.82. The molecule has 0 saturated heterocycles. The lowest BCUT2D eigenvalue weighted by Crippen LogP contribution is -2.26. The first kappa shape index (κ1) is 12.5. The topological polar surface area (TPSA) is 29.1 Å². The Morgan fingerprint density at radius 1 is 1.31 bits per heavy atom. The Bertz CT molecular complexity index is 374. The molecule has 0 fully saturated rings. The third-order valence-corrected chi connectivity index (χ3v) is 2.01. The van der Waals surface area contributed by atoms with Crippen molar-refractivity contribution in [1.29, 1.82) is 0 Å². The summed E-state index contributed by atoms with van der Waals surface area (Å²) in [5.41, 5.74) is -1.23. The van der Waals surface area contributed by atoms with Gasteiger partial charge in [-0.05, 0) is 18.6 Å². The van der Waals surface area contributed by atoms with E-state index >= 15 is 0 Å². The summed E-state index contributed by atoms with van der Waals surface area (Å²) >= 11 is 0. The van der Waals surface area contributed by atoms with Gasteiger partial charge in [-0.3, -0.25) is 4.79 Å². The van der Waals surface area contributed by atoms with E-state index in [4.69, 9.17) is 0 Å². The van der Waals surface area contributed by atoms with Gasteiger partial charge < -0.3 is 5.32 Å². The van der Waals surface area contributed by atoms with Gasteiger partial charge in [0.2, 0.25) is 0 Å². The van der Waals surface area contributed by atoms with Gasteiger partial charge in [0.15, 0.2) is 0 Å². The van der Waals surface area contributed by atoms with Gasteiger partial charge >= 0.3 is 6.18 Å². The van der Waals surface area contributed by atoms with Crippen LogP contribution in [-0.4, -0.2) is 12.5 Å². The predicted molar refractivity (Wildman–Crippen MR) is 54.1 cm³/mol. The highest BCUT2D eigenvalue weighted by atomic mass is 19.4. The fourth-order valence-electron chi connectivity index (χ4n) is 1.26. The van der Waals surface area contributed by atoms with Crippen LogP contribution in [0.15, 0.2) is 24.3 Å². The Morgan fingerprint density at radius 3 is 2.50 bits per heavy atom. The fraction of sp³-hybridized carbons (Fsp3) is 0.364. The molecule has 0 atom stereocenters. The Labute approximate surface area is 91.5 Å². The highest BCUT2D eigenvalue weighted by Gasteiger charge is 2.34. The lowest BCUT2D eigenvalue weighted by Gasteiger charge is -2.12. The zero-order valence-electron chi connectivity index (χ0n) is 8.77. The number of amides is 1. The van der Waals surface area contributed by atoms with Crippen LogP contribution in [0.3, 0.4) is 0 Å². The summed E-state index contributed by atoms with van der Waals surface area (Å²) in [6, 6.07) is 4.75. The van der Waals surface area contributed by atoms with E-state index in [0.29, 0.717) is 13.0 Å². The van der Waals surface area contributed by atoms with Gasteiger partial charge in [0, 0.05) is 6.54 Å². The first-order chi connectivity index (χ1) is 7.46. The molecule has 0 aliphatic rings. The summed E-state index contributed by atoms with van der Waals surface area (Å²) in [5.74, 6) is -0.685. The van der Waals surface area contributed by atoms with Crippen LogP contribution in [0.4, 0.5) is 13.2 Å². The number of hydrogen-bond donors (Lipinski definition) is 1. The Kier molecular flexibility index (Phi) is 3.93. The maximum absolute atomic E-state index is 12.6. The molecule has 2 nitrogen and oxygen atoms in total. The molecule has 1 aromatic carbocycles. The lowest BCUT2D eigenvalue weighted by molar-refractivity contribution is -0.137. The molecule has 0 unspecified atom stereocenters. The molecule has 1 rings (SSSR count). The molecule has 0 heterocycles. The highest BCUT2D eigenvalue weighted by Crippen LogP contribution is 2.31. The summed E-state index contributed by atoms with van der Waals surface area (Å²) in [5, 5.41) is 2.42. The zero-order chi connectivity index (χ0) is 12.2. The third kappa shape index (κ3) is 2.98. The van der Waals surface area contributed by atoms with Gasteiger partial charge in [-0.25, -0.2) is 0 Å². The van der Waals surface area contributed by atoms with Crippen LogP contribution in [0.5, 0.6) is 0 Å². The maximum Gasteiger partial charge on any atom is 0.417 e. The molecule has 0 radical (unpaired) electrons. The van der Waals surface area contributed by atoms with Crippen molar-refractivity contribution < 1.29 is 18.0 Å². The zero-order valence-corrected chi connectivity index (χ0v) is 8.77. The number of benzene rings is 1. The van der Waals surface area contributed by atoms with Crippen molar-refractivity contribution in [2.75, 3.05) is 6.54 Å². The van der Waals surface area contributed by atoms with E-state index in [1.165, 1.54) is 18.2 Å². The van der Waals surface area contributed by atoms with Crippen molar-refractivity contribution in [2.24, 2.45) is 0 Å². The van der Waals surface area contributed by atoms with Crippen molar-refractivity contribution in [1.82, 2.24) is 5.32 Å². The maximum atomic E-state index is 12.6. The molecule has 1 amide bonds. The second-order valence-electron chi connectivity index (χ2n) is 3.30. The van der Waals surface area contributed by atoms with E-state index in [2.05, 4.69) is 5.32 Å². The number of hydrogen-bond acceptors (Lipinski definition) is 1. The molecule has 16 heavy (non-hydrogen) atoms. The Hall–Kier alpha value is -1.52. The molecular weight excluding hydrogens is 219 g/mol. The number of nitrogens with one attached hydrogen (secondary N) is 1. The van der Waals surface area contributed by atoms with Crippen molar-refractivity contribution >= 4 is 5.91 Å². The molecule has 1 aromatic rings. The fourth-order valence-corrected chi connectivity index (χ4v) is 1.26. The van der Waals surface area contributed by atoms with Gasteiger partial charge in [0.25, 0.3) is 5.91 Å². The molecule has 0 aliphatic carbocycles. The van der Waals surface area contributed by atoms with Crippen molar-refractivity contribution in [3.05, 3.63) is 35.4 Å². The number of carbonyl (C=O) groups is 1. The molecular formula is C11H12F3NO. The van der Waals surface area contributed by atoms with E-state index in [-0.39, 0.29) is 5.56 Å². The van der Waals surface area contributed by atoms with E-state index in [1.807, 2.05) is 6.92 Å². The largest absolute Gasteiger partial charge is 0.417 e. The Balaban J connectivity index is 3.00. The molecule has 0 aromatic heterocycles. The molecule has 0 bridgehead atoms. The molecule has 1 N–H and O–H groups in total. The first-order valence-electron chi connectivity index (χ1n) is 4.91. The van der Waals surface area contributed by atoms with Gasteiger partial charge in [-0.15, -0.1) is 0 Å². The Morgan fingerprint density at radius 2 is 1.94 bits per heavy atom. The van der Waals surface area contributed by atoms with Crippen molar-refractivity contribution in [3.8, 4) is 0 Å². The van der Waals surface area contributed by atoms with Gasteiger partial charge in [-0.1, -0.05) is 19.1 Å². The van der Waals surface area contributed by atoms with Crippen LogP contribution in [0, 0.1) is 0 Å². The van der Waals surface area contributed by atoms with E-state index in [0.717, 1.165) is 6.07 Å². The van der Waals surface area contributed by atoms with Crippen LogP contribution in [0.25, 0.3) is 0 Å². The van der Waals surface area contributed by atoms with Crippen molar-refractivity contribution in [3.63, 3.8) is 0 Å². The SMILES string of the molecule is CCCNC(=O)c1ccccc1C(F)(F)F. The number of rotatable bonds is 3. The normalized spacial score (nSPS) is 11.2. The lowest BCUT2D eigenvalue weighted by atomic mass is 10.1. The monoisotopic (exact) mass is 231 g/mol. The predicted octanol–water partition coefficient (Wildman–Crippen LogP) is 2.85. The molecule has 0 saturated carbocycles. The van der Waals surface area contributed by atoms with E-state index in [9.17, 15) is 18.0 Å². The molecule has 0 spiro atoms. The van der Waals surface area contributed by atoms with Gasteiger partial charge in [0.1, 0.15) is 0 Å². The average molecular weight is 231 g/mol. The standard InChI is InChI=1S/C11H12F3NO/c1-2-7-15-10(16)8-5-3-4-6-9(8)11(12,13)14/h3-6H,2,7H2,1H3,(H,15,16). The molecule has 88 valence electrons. The summed E-state index contributed by atoms with van der Waals surface area (Å²) < 4.78 is 37.7. The quantitative estimate of drug-likeness (QED) is 0.851. The van der Waals surface area contributed by atoms with Crippen LogP contribution < -0.4 is 5.32 Å². The minimum Gasteiger partial charge on any atom is -0.352 e. The number of halogens is 3. The minimum absolute atomic E-state index is 0.330. The molecule has 5 heteroatoms. The van der Waals surface area contributed by atoms with Gasteiger partial charge in [-0.2, -0.15) is 13.2 Å². The van der Waals surface area contributed by atoms with Crippen LogP contribution >= 0.6 is 0 Å². The highest BCUT2D eigenvalue weighted by molar-refractivity contribution is 5.95. The minimum atomic E-state index is -4.50. The average Bonchev–Trinajstić information content (AvgIpc) is 2.24. The first-order valence-corrected chi connectivity index (χ1v) is 4.91. The molecule has 0 aliphatic heterocycles. The van der Waals surface area contributed by atoms with Crippen LogP contribution in [0.2, 0.25) is 0 Å². The smallest absolute Gasteiger partial charge is 0.352 e. The van der Waals surface area contributed by atoms with E-state index in [1.54, 1.807) is 0 Å². The second kappa shape index (κ2) is 5.01. The van der Waals surface area contributed by atoms with Crippen LogP contribution in [-0.2, 0) is 6.18 Å². The third-order valence-electron chi connectivity index (χ3n) is 2.01. The number of carbonyl (C=O) groups excluding carboxylic acids is 1. The van der Waals surface area contributed by atoms with Crippen molar-refractivity contribution in [2.45, 2.75) is 19.5 Å².